The molecule has 1 fully saturated rings. The van der Waals surface area contributed by atoms with Gasteiger partial charge in [0.15, 0.2) is 0 Å². The van der Waals surface area contributed by atoms with Gasteiger partial charge in [-0.25, -0.2) is 8.78 Å². The molecule has 0 atom stereocenters. The lowest BCUT2D eigenvalue weighted by atomic mass is 10.2. The molecular formula is C20H17F2N3O2. The highest BCUT2D eigenvalue weighted by atomic mass is 19.1. The Morgan fingerprint density at radius 2 is 1.93 bits per heavy atom. The monoisotopic (exact) mass is 369 g/mol. The van der Waals surface area contributed by atoms with Crippen molar-refractivity contribution in [1.29, 1.82) is 0 Å². The number of aryl methyl sites for hydroxylation is 1. The summed E-state index contributed by atoms with van der Waals surface area (Å²) in [6.45, 7) is 0.453. The molecule has 138 valence electrons. The number of halogens is 2. The first-order valence-electron chi connectivity index (χ1n) is 8.61. The molecule has 0 bridgehead atoms. The lowest BCUT2D eigenvalue weighted by Crippen LogP contribution is -2.27. The maximum Gasteiger partial charge on any atom is 0.274 e. The molecule has 2 amide bonds. The van der Waals surface area contributed by atoms with Crippen molar-refractivity contribution >= 4 is 34.1 Å². The van der Waals surface area contributed by atoms with Gasteiger partial charge in [0, 0.05) is 25.4 Å². The molecule has 3 aromatic rings. The van der Waals surface area contributed by atoms with E-state index in [0.29, 0.717) is 36.0 Å². The fraction of sp³-hybridized carbons (Fsp3) is 0.200. The molecule has 0 aliphatic carbocycles. The van der Waals surface area contributed by atoms with Crippen LogP contribution in [0, 0.1) is 11.6 Å². The van der Waals surface area contributed by atoms with Crippen LogP contribution >= 0.6 is 0 Å². The summed E-state index contributed by atoms with van der Waals surface area (Å²) in [6.07, 6.45) is 1.04. The van der Waals surface area contributed by atoms with Crippen molar-refractivity contribution in [2.45, 2.75) is 12.8 Å². The minimum absolute atomic E-state index is 0.0395. The zero-order valence-electron chi connectivity index (χ0n) is 14.6. The number of nitrogens with one attached hydrogen (secondary N) is 1. The molecule has 1 aliphatic heterocycles. The van der Waals surface area contributed by atoms with Gasteiger partial charge in [-0.1, -0.05) is 12.1 Å². The van der Waals surface area contributed by atoms with Gasteiger partial charge in [0.05, 0.1) is 16.9 Å². The molecule has 2 aromatic carbocycles. The molecule has 1 saturated heterocycles. The van der Waals surface area contributed by atoms with Crippen LogP contribution in [0.2, 0.25) is 0 Å². The fourth-order valence-electron chi connectivity index (χ4n) is 3.56. The van der Waals surface area contributed by atoms with Crippen LogP contribution in [0.15, 0.2) is 42.5 Å². The highest BCUT2D eigenvalue weighted by Gasteiger charge is 2.31. The Balaban J connectivity index is 1.88. The normalized spacial score (nSPS) is 14.2. The van der Waals surface area contributed by atoms with Crippen molar-refractivity contribution in [3.63, 3.8) is 0 Å². The molecule has 1 N–H and O–H groups in total. The fourth-order valence-corrected chi connectivity index (χ4v) is 3.56. The average molecular weight is 369 g/mol. The molecule has 0 unspecified atom stereocenters. The zero-order chi connectivity index (χ0) is 19.1. The van der Waals surface area contributed by atoms with E-state index in [-0.39, 0.29) is 17.3 Å². The molecule has 1 aliphatic rings. The zero-order valence-corrected chi connectivity index (χ0v) is 14.6. The third-order valence-electron chi connectivity index (χ3n) is 4.82. The number of amides is 2. The van der Waals surface area contributed by atoms with Crippen LogP contribution in [0.25, 0.3) is 10.9 Å². The van der Waals surface area contributed by atoms with Gasteiger partial charge in [-0.15, -0.1) is 0 Å². The number of carbonyl (C=O) groups is 2. The molecule has 27 heavy (non-hydrogen) atoms. The van der Waals surface area contributed by atoms with Crippen molar-refractivity contribution in [3.05, 3.63) is 59.8 Å². The van der Waals surface area contributed by atoms with Crippen LogP contribution in [0.5, 0.6) is 0 Å². The Hall–Kier alpha value is -3.22. The second-order valence-electron chi connectivity index (χ2n) is 6.50. The van der Waals surface area contributed by atoms with Crippen LogP contribution in [0.1, 0.15) is 23.3 Å². The summed E-state index contributed by atoms with van der Waals surface area (Å²) in [7, 11) is 1.67. The summed E-state index contributed by atoms with van der Waals surface area (Å²) in [4.78, 5) is 26.8. The van der Waals surface area contributed by atoms with Crippen LogP contribution in [0.3, 0.4) is 0 Å². The largest absolute Gasteiger partial charge is 0.338 e. The summed E-state index contributed by atoms with van der Waals surface area (Å²) in [5.74, 6) is -1.70. The van der Waals surface area contributed by atoms with E-state index in [9.17, 15) is 18.4 Å². The molecule has 1 aromatic heterocycles. The van der Waals surface area contributed by atoms with E-state index in [2.05, 4.69) is 5.32 Å². The van der Waals surface area contributed by atoms with E-state index in [1.54, 1.807) is 23.7 Å². The third kappa shape index (κ3) is 2.85. The second-order valence-corrected chi connectivity index (χ2v) is 6.50. The van der Waals surface area contributed by atoms with Crippen molar-refractivity contribution in [1.82, 2.24) is 4.57 Å². The number of benzene rings is 2. The average Bonchev–Trinajstić information content (AvgIpc) is 3.17. The standard InChI is InChI=1S/C20H17F2N3O2/c1-24-16-9-8-12(21)11-13(16)18(25-10-4-7-17(25)26)19(24)20(27)23-15-6-3-2-5-14(15)22/h2-3,5-6,8-9,11H,4,7,10H2,1H3,(H,23,27). The number of hydrogen-bond donors (Lipinski definition) is 1. The van der Waals surface area contributed by atoms with Gasteiger partial charge < -0.3 is 14.8 Å². The minimum atomic E-state index is -0.561. The molecular weight excluding hydrogens is 352 g/mol. The number of rotatable bonds is 3. The molecule has 0 radical (unpaired) electrons. The maximum atomic E-state index is 14.0. The van der Waals surface area contributed by atoms with Crippen molar-refractivity contribution in [2.75, 3.05) is 16.8 Å². The Bertz CT molecular complexity index is 1070. The highest BCUT2D eigenvalue weighted by molar-refractivity contribution is 6.17. The lowest BCUT2D eigenvalue weighted by molar-refractivity contribution is -0.117. The molecule has 2 heterocycles. The van der Waals surface area contributed by atoms with Gasteiger partial charge in [0.2, 0.25) is 5.91 Å². The van der Waals surface area contributed by atoms with Gasteiger partial charge in [-0.05, 0) is 36.8 Å². The first-order chi connectivity index (χ1) is 13.0. The van der Waals surface area contributed by atoms with Crippen LogP contribution in [-0.4, -0.2) is 22.9 Å². The smallest absolute Gasteiger partial charge is 0.274 e. The summed E-state index contributed by atoms with van der Waals surface area (Å²) in [6, 6.07) is 10.0. The minimum Gasteiger partial charge on any atom is -0.338 e. The summed E-state index contributed by atoms with van der Waals surface area (Å²) in [5.41, 5.74) is 1.21. The van der Waals surface area contributed by atoms with Gasteiger partial charge in [-0.3, -0.25) is 9.59 Å². The highest BCUT2D eigenvalue weighted by Crippen LogP contribution is 2.36. The van der Waals surface area contributed by atoms with E-state index in [1.807, 2.05) is 0 Å². The Morgan fingerprint density at radius 3 is 2.63 bits per heavy atom. The van der Waals surface area contributed by atoms with Crippen molar-refractivity contribution in [3.8, 4) is 0 Å². The molecule has 0 spiro atoms. The van der Waals surface area contributed by atoms with E-state index in [1.165, 1.54) is 35.2 Å². The van der Waals surface area contributed by atoms with E-state index in [0.717, 1.165) is 0 Å². The van der Waals surface area contributed by atoms with E-state index in [4.69, 9.17) is 0 Å². The second kappa shape index (κ2) is 6.50. The van der Waals surface area contributed by atoms with E-state index >= 15 is 0 Å². The molecule has 5 nitrogen and oxygen atoms in total. The lowest BCUT2D eigenvalue weighted by Gasteiger charge is -2.18. The van der Waals surface area contributed by atoms with Crippen LogP contribution < -0.4 is 10.2 Å². The molecule has 0 saturated carbocycles. The van der Waals surface area contributed by atoms with Gasteiger partial charge in [-0.2, -0.15) is 0 Å². The Kier molecular flexibility index (Phi) is 4.14. The number of anilines is 2. The number of hydrogen-bond acceptors (Lipinski definition) is 2. The summed E-state index contributed by atoms with van der Waals surface area (Å²) in [5, 5.41) is 3.03. The predicted molar refractivity (Wildman–Crippen MR) is 98.8 cm³/mol. The summed E-state index contributed by atoms with van der Waals surface area (Å²) >= 11 is 0. The van der Waals surface area contributed by atoms with Crippen molar-refractivity contribution < 1.29 is 18.4 Å². The molecule has 4 rings (SSSR count). The number of nitrogens with zero attached hydrogens (tertiary/aromatic N) is 2. The third-order valence-corrected chi connectivity index (χ3v) is 4.82. The Morgan fingerprint density at radius 1 is 1.15 bits per heavy atom. The number of carbonyl (C=O) groups excluding carboxylic acids is 2. The van der Waals surface area contributed by atoms with Crippen LogP contribution in [0.4, 0.5) is 20.2 Å². The topological polar surface area (TPSA) is 54.3 Å². The number of para-hydroxylation sites is 1. The quantitative estimate of drug-likeness (QED) is 0.763. The SMILES string of the molecule is Cn1c(C(=O)Nc2ccccc2F)c(N2CCCC2=O)c2cc(F)ccc21. The van der Waals surface area contributed by atoms with Crippen LogP contribution in [-0.2, 0) is 11.8 Å². The first kappa shape index (κ1) is 17.2. The van der Waals surface area contributed by atoms with Gasteiger partial charge >= 0.3 is 0 Å². The number of aromatic nitrogens is 1. The summed E-state index contributed by atoms with van der Waals surface area (Å²) < 4.78 is 29.4. The number of fused-ring (bicyclic) bond motifs is 1. The first-order valence-corrected chi connectivity index (χ1v) is 8.61. The van der Waals surface area contributed by atoms with Crippen molar-refractivity contribution in [2.24, 2.45) is 7.05 Å². The maximum absolute atomic E-state index is 14.0. The molecule has 7 heteroatoms. The van der Waals surface area contributed by atoms with Gasteiger partial charge in [0.1, 0.15) is 17.3 Å². The van der Waals surface area contributed by atoms with Gasteiger partial charge in [0.25, 0.3) is 5.91 Å². The van der Waals surface area contributed by atoms with E-state index < -0.39 is 17.5 Å². The Labute approximate surface area is 154 Å². The predicted octanol–water partition coefficient (Wildman–Crippen LogP) is 3.84.